The summed E-state index contributed by atoms with van der Waals surface area (Å²) in [7, 11) is 0. The van der Waals surface area contributed by atoms with Crippen molar-refractivity contribution in [3.63, 3.8) is 0 Å². The molecule has 16 heavy (non-hydrogen) atoms. The highest BCUT2D eigenvalue weighted by Crippen LogP contribution is 2.26. The SMILES string of the molecule is CCCCS/C=C(/CCCC)SCCCC. The van der Waals surface area contributed by atoms with Crippen molar-refractivity contribution in [2.45, 2.75) is 65.7 Å². The molecule has 96 valence electrons. The van der Waals surface area contributed by atoms with Crippen molar-refractivity contribution in [2.24, 2.45) is 0 Å². The molecule has 0 aliphatic heterocycles. The molecule has 0 fully saturated rings. The first-order chi connectivity index (χ1) is 7.85. The molecule has 0 spiro atoms. The standard InChI is InChI=1S/C14H28S2/c1-4-7-10-14(16-12-9-6-3)13-15-11-8-5-2/h13H,4-12H2,1-3H3/b14-13-. The van der Waals surface area contributed by atoms with E-state index in [2.05, 4.69) is 37.9 Å². The molecule has 0 heterocycles. The molecular weight excluding hydrogens is 232 g/mol. The maximum Gasteiger partial charge on any atom is -0.00232 e. The summed E-state index contributed by atoms with van der Waals surface area (Å²) in [5, 5.41) is 2.42. The first-order valence-electron chi connectivity index (χ1n) is 6.78. The first kappa shape index (κ1) is 16.4. The molecule has 0 unspecified atom stereocenters. The van der Waals surface area contributed by atoms with Crippen LogP contribution in [0.5, 0.6) is 0 Å². The van der Waals surface area contributed by atoms with E-state index >= 15 is 0 Å². The summed E-state index contributed by atoms with van der Waals surface area (Å²) in [6.45, 7) is 6.81. The van der Waals surface area contributed by atoms with Crippen LogP contribution in [0.4, 0.5) is 0 Å². The van der Waals surface area contributed by atoms with Crippen LogP contribution in [-0.2, 0) is 0 Å². The second-order valence-electron chi connectivity index (χ2n) is 4.11. The minimum Gasteiger partial charge on any atom is -0.133 e. The Balaban J connectivity index is 3.77. The Kier molecular flexibility index (Phi) is 13.9. The summed E-state index contributed by atoms with van der Waals surface area (Å²) in [6, 6.07) is 0. The van der Waals surface area contributed by atoms with Crippen molar-refractivity contribution in [1.29, 1.82) is 0 Å². The van der Waals surface area contributed by atoms with E-state index in [1.54, 1.807) is 4.91 Å². The van der Waals surface area contributed by atoms with E-state index < -0.39 is 0 Å². The van der Waals surface area contributed by atoms with Crippen molar-refractivity contribution < 1.29 is 0 Å². The van der Waals surface area contributed by atoms with Crippen molar-refractivity contribution in [1.82, 2.24) is 0 Å². The molecule has 0 saturated heterocycles. The summed E-state index contributed by atoms with van der Waals surface area (Å²) >= 11 is 4.10. The molecule has 0 saturated carbocycles. The first-order valence-corrected chi connectivity index (χ1v) is 8.82. The molecule has 0 aliphatic carbocycles. The van der Waals surface area contributed by atoms with E-state index in [0.717, 1.165) is 0 Å². The second kappa shape index (κ2) is 13.5. The Morgan fingerprint density at radius 1 is 0.875 bits per heavy atom. The minimum absolute atomic E-state index is 1.29. The predicted octanol–water partition coefficient (Wildman–Crippen LogP) is 6.08. The average Bonchev–Trinajstić information content (AvgIpc) is 2.31. The van der Waals surface area contributed by atoms with Gasteiger partial charge < -0.3 is 0 Å². The van der Waals surface area contributed by atoms with Gasteiger partial charge in [-0.3, -0.25) is 0 Å². The van der Waals surface area contributed by atoms with Crippen molar-refractivity contribution in [2.75, 3.05) is 11.5 Å². The highest BCUT2D eigenvalue weighted by molar-refractivity contribution is 8.06. The molecule has 0 aliphatic rings. The van der Waals surface area contributed by atoms with Crippen LogP contribution < -0.4 is 0 Å². The zero-order valence-corrected chi connectivity index (χ0v) is 12.9. The largest absolute Gasteiger partial charge is 0.133 e. The lowest BCUT2D eigenvalue weighted by Gasteiger charge is -2.06. The maximum absolute atomic E-state index is 2.42. The Labute approximate surface area is 111 Å². The summed E-state index contributed by atoms with van der Waals surface area (Å²) in [5.41, 5.74) is 0. The third-order valence-corrected chi connectivity index (χ3v) is 4.70. The molecular formula is C14H28S2. The van der Waals surface area contributed by atoms with E-state index in [1.807, 2.05) is 11.8 Å². The fourth-order valence-electron chi connectivity index (χ4n) is 1.24. The van der Waals surface area contributed by atoms with E-state index in [-0.39, 0.29) is 0 Å². The maximum atomic E-state index is 2.42. The molecule has 0 nitrogen and oxygen atoms in total. The molecule has 0 amide bonds. The third-order valence-electron chi connectivity index (χ3n) is 2.39. The van der Waals surface area contributed by atoms with Crippen molar-refractivity contribution >= 4 is 23.5 Å². The minimum atomic E-state index is 1.29. The molecule has 0 aromatic heterocycles. The van der Waals surface area contributed by atoms with Gasteiger partial charge >= 0.3 is 0 Å². The smallest absolute Gasteiger partial charge is 0.00232 e. The molecule has 2 heteroatoms. The van der Waals surface area contributed by atoms with Crippen molar-refractivity contribution in [3.05, 3.63) is 10.3 Å². The van der Waals surface area contributed by atoms with Gasteiger partial charge in [-0.05, 0) is 47.5 Å². The monoisotopic (exact) mass is 260 g/mol. The highest BCUT2D eigenvalue weighted by Gasteiger charge is 1.98. The zero-order valence-electron chi connectivity index (χ0n) is 11.3. The van der Waals surface area contributed by atoms with Gasteiger partial charge in [-0.1, -0.05) is 40.0 Å². The van der Waals surface area contributed by atoms with Gasteiger partial charge in [0.05, 0.1) is 0 Å². The van der Waals surface area contributed by atoms with Crippen LogP contribution in [0.3, 0.4) is 0 Å². The Hall–Kier alpha value is 0.440. The fraction of sp³-hybridized carbons (Fsp3) is 0.857. The van der Waals surface area contributed by atoms with Gasteiger partial charge in [-0.2, -0.15) is 0 Å². The number of rotatable bonds is 11. The zero-order chi connectivity index (χ0) is 12.1. The lowest BCUT2D eigenvalue weighted by molar-refractivity contribution is 0.808. The average molecular weight is 261 g/mol. The number of thioether (sulfide) groups is 2. The van der Waals surface area contributed by atoms with E-state index in [1.165, 1.54) is 56.5 Å². The predicted molar refractivity (Wildman–Crippen MR) is 82.3 cm³/mol. The third kappa shape index (κ3) is 10.9. The fourth-order valence-corrected chi connectivity index (χ4v) is 3.58. The summed E-state index contributed by atoms with van der Waals surface area (Å²) in [6.07, 6.45) is 9.29. The van der Waals surface area contributed by atoms with Crippen LogP contribution in [0.1, 0.15) is 65.7 Å². The van der Waals surface area contributed by atoms with E-state index in [4.69, 9.17) is 0 Å². The molecule has 0 atom stereocenters. The van der Waals surface area contributed by atoms with Crippen molar-refractivity contribution in [3.8, 4) is 0 Å². The van der Waals surface area contributed by atoms with Crippen LogP contribution in [0.2, 0.25) is 0 Å². The normalized spacial score (nSPS) is 12.1. The van der Waals surface area contributed by atoms with Crippen LogP contribution in [-0.4, -0.2) is 11.5 Å². The number of allylic oxidation sites excluding steroid dienone is 1. The van der Waals surface area contributed by atoms with Gasteiger partial charge in [0.1, 0.15) is 0 Å². The molecule has 0 radical (unpaired) electrons. The molecule has 0 N–H and O–H groups in total. The Bertz CT molecular complexity index is 164. The molecule has 0 bridgehead atoms. The summed E-state index contributed by atoms with van der Waals surface area (Å²) in [4.78, 5) is 1.62. The highest BCUT2D eigenvalue weighted by atomic mass is 32.2. The lowest BCUT2D eigenvalue weighted by atomic mass is 10.2. The van der Waals surface area contributed by atoms with Gasteiger partial charge in [-0.25, -0.2) is 0 Å². The van der Waals surface area contributed by atoms with E-state index in [9.17, 15) is 0 Å². The number of hydrogen-bond donors (Lipinski definition) is 0. The molecule has 0 rings (SSSR count). The van der Waals surface area contributed by atoms with Gasteiger partial charge in [-0.15, -0.1) is 23.5 Å². The van der Waals surface area contributed by atoms with Crippen LogP contribution in [0.25, 0.3) is 0 Å². The lowest BCUT2D eigenvalue weighted by Crippen LogP contribution is -1.83. The van der Waals surface area contributed by atoms with Gasteiger partial charge in [0.15, 0.2) is 0 Å². The van der Waals surface area contributed by atoms with Crippen LogP contribution >= 0.6 is 23.5 Å². The number of unbranched alkanes of at least 4 members (excludes halogenated alkanes) is 3. The second-order valence-corrected chi connectivity index (χ2v) is 6.31. The quantitative estimate of drug-likeness (QED) is 0.413. The topological polar surface area (TPSA) is 0 Å². The van der Waals surface area contributed by atoms with Crippen LogP contribution in [0, 0.1) is 0 Å². The summed E-state index contributed by atoms with van der Waals surface area (Å²) in [5.74, 6) is 2.60. The Morgan fingerprint density at radius 2 is 1.50 bits per heavy atom. The van der Waals surface area contributed by atoms with Crippen LogP contribution in [0.15, 0.2) is 10.3 Å². The summed E-state index contributed by atoms with van der Waals surface area (Å²) < 4.78 is 0. The molecule has 0 aromatic rings. The molecule has 0 aromatic carbocycles. The van der Waals surface area contributed by atoms with Gasteiger partial charge in [0.2, 0.25) is 0 Å². The Morgan fingerprint density at radius 3 is 2.12 bits per heavy atom. The van der Waals surface area contributed by atoms with Gasteiger partial charge in [0, 0.05) is 0 Å². The van der Waals surface area contributed by atoms with Gasteiger partial charge in [0.25, 0.3) is 0 Å². The number of hydrogen-bond acceptors (Lipinski definition) is 2. The van der Waals surface area contributed by atoms with E-state index in [0.29, 0.717) is 0 Å².